The van der Waals surface area contributed by atoms with E-state index in [1.165, 1.54) is 5.56 Å². The van der Waals surface area contributed by atoms with Gasteiger partial charge in [0.05, 0.1) is 0 Å². The standard InChI is InChI=1S/C16H15N3O2/c1-11-3-4-14(12(2)9-11)20-10-15-18-16(19-21-15)13-5-7-17-8-6-13/h3-9H,10H2,1-2H3. The highest BCUT2D eigenvalue weighted by atomic mass is 16.5. The SMILES string of the molecule is Cc1ccc(OCc2nc(-c3ccncc3)no2)c(C)c1. The van der Waals surface area contributed by atoms with E-state index in [2.05, 4.69) is 28.1 Å². The summed E-state index contributed by atoms with van der Waals surface area (Å²) in [5, 5.41) is 3.94. The predicted molar refractivity (Wildman–Crippen MR) is 77.8 cm³/mol. The summed E-state index contributed by atoms with van der Waals surface area (Å²) < 4.78 is 10.9. The molecule has 2 heterocycles. The summed E-state index contributed by atoms with van der Waals surface area (Å²) in [6.45, 7) is 4.32. The van der Waals surface area contributed by atoms with Gasteiger partial charge >= 0.3 is 0 Å². The summed E-state index contributed by atoms with van der Waals surface area (Å²) in [6, 6.07) is 9.70. The summed E-state index contributed by atoms with van der Waals surface area (Å²) in [7, 11) is 0. The molecule has 0 radical (unpaired) electrons. The summed E-state index contributed by atoms with van der Waals surface area (Å²) in [6.07, 6.45) is 3.38. The van der Waals surface area contributed by atoms with Crippen LogP contribution in [0.5, 0.6) is 5.75 Å². The van der Waals surface area contributed by atoms with Crippen molar-refractivity contribution in [3.63, 3.8) is 0 Å². The van der Waals surface area contributed by atoms with Crippen LogP contribution in [-0.4, -0.2) is 15.1 Å². The van der Waals surface area contributed by atoms with Crippen LogP contribution in [0, 0.1) is 13.8 Å². The number of hydrogen-bond donors (Lipinski definition) is 0. The molecule has 21 heavy (non-hydrogen) atoms. The van der Waals surface area contributed by atoms with E-state index in [0.29, 0.717) is 11.7 Å². The van der Waals surface area contributed by atoms with E-state index in [1.807, 2.05) is 31.2 Å². The Morgan fingerprint density at radius 1 is 1.10 bits per heavy atom. The zero-order valence-electron chi connectivity index (χ0n) is 11.9. The van der Waals surface area contributed by atoms with Gasteiger partial charge in [0.25, 0.3) is 5.89 Å². The zero-order valence-corrected chi connectivity index (χ0v) is 11.9. The van der Waals surface area contributed by atoms with Crippen molar-refractivity contribution in [3.8, 4) is 17.1 Å². The van der Waals surface area contributed by atoms with Crippen LogP contribution in [0.1, 0.15) is 17.0 Å². The minimum absolute atomic E-state index is 0.252. The first kappa shape index (κ1) is 13.3. The van der Waals surface area contributed by atoms with Gasteiger partial charge in [0, 0.05) is 18.0 Å². The van der Waals surface area contributed by atoms with Crippen molar-refractivity contribution < 1.29 is 9.26 Å². The highest BCUT2D eigenvalue weighted by Crippen LogP contribution is 2.20. The van der Waals surface area contributed by atoms with Gasteiger partial charge in [0.15, 0.2) is 6.61 Å². The third kappa shape index (κ3) is 3.08. The molecule has 1 aromatic carbocycles. The highest BCUT2D eigenvalue weighted by molar-refractivity contribution is 5.52. The molecule has 0 bridgehead atoms. The molecule has 0 atom stereocenters. The fourth-order valence-electron chi connectivity index (χ4n) is 2.03. The van der Waals surface area contributed by atoms with Gasteiger partial charge in [-0.2, -0.15) is 4.98 Å². The molecule has 0 fully saturated rings. The molecule has 5 nitrogen and oxygen atoms in total. The number of rotatable bonds is 4. The molecular weight excluding hydrogens is 266 g/mol. The van der Waals surface area contributed by atoms with Crippen molar-refractivity contribution in [2.45, 2.75) is 20.5 Å². The molecule has 2 aromatic heterocycles. The maximum absolute atomic E-state index is 5.72. The largest absolute Gasteiger partial charge is 0.483 e. The lowest BCUT2D eigenvalue weighted by molar-refractivity contribution is 0.241. The Labute approximate surface area is 122 Å². The topological polar surface area (TPSA) is 61.0 Å². The molecule has 0 unspecified atom stereocenters. The summed E-state index contributed by atoms with van der Waals surface area (Å²) >= 11 is 0. The minimum atomic E-state index is 0.252. The van der Waals surface area contributed by atoms with Gasteiger partial charge in [-0.3, -0.25) is 4.98 Å². The fraction of sp³-hybridized carbons (Fsp3) is 0.188. The molecule has 3 rings (SSSR count). The molecule has 106 valence electrons. The highest BCUT2D eigenvalue weighted by Gasteiger charge is 2.09. The van der Waals surface area contributed by atoms with E-state index in [0.717, 1.165) is 16.9 Å². The van der Waals surface area contributed by atoms with Crippen molar-refractivity contribution >= 4 is 0 Å². The summed E-state index contributed by atoms with van der Waals surface area (Å²) in [4.78, 5) is 8.27. The molecule has 5 heteroatoms. The van der Waals surface area contributed by atoms with Crippen molar-refractivity contribution in [1.29, 1.82) is 0 Å². The number of ether oxygens (including phenoxy) is 1. The number of aromatic nitrogens is 3. The predicted octanol–water partition coefficient (Wildman–Crippen LogP) is 3.33. The van der Waals surface area contributed by atoms with Gasteiger partial charge in [-0.15, -0.1) is 0 Å². The van der Waals surface area contributed by atoms with Crippen molar-refractivity contribution in [3.05, 3.63) is 59.7 Å². The monoisotopic (exact) mass is 281 g/mol. The first-order valence-electron chi connectivity index (χ1n) is 6.65. The van der Waals surface area contributed by atoms with E-state index in [4.69, 9.17) is 9.26 Å². The average molecular weight is 281 g/mol. The van der Waals surface area contributed by atoms with Gasteiger partial charge in [0.2, 0.25) is 5.82 Å². The van der Waals surface area contributed by atoms with Crippen LogP contribution >= 0.6 is 0 Å². The van der Waals surface area contributed by atoms with E-state index >= 15 is 0 Å². The Balaban J connectivity index is 1.70. The van der Waals surface area contributed by atoms with Crippen molar-refractivity contribution in [1.82, 2.24) is 15.1 Å². The molecule has 0 aliphatic heterocycles. The lowest BCUT2D eigenvalue weighted by Gasteiger charge is -2.07. The van der Waals surface area contributed by atoms with Crippen LogP contribution in [0.25, 0.3) is 11.4 Å². The number of nitrogens with zero attached hydrogens (tertiary/aromatic N) is 3. The molecule has 0 aliphatic carbocycles. The second-order valence-corrected chi connectivity index (χ2v) is 4.81. The van der Waals surface area contributed by atoms with Crippen LogP contribution in [0.2, 0.25) is 0 Å². The maximum Gasteiger partial charge on any atom is 0.264 e. The maximum atomic E-state index is 5.72. The Kier molecular flexibility index (Phi) is 3.64. The second kappa shape index (κ2) is 5.75. The number of hydrogen-bond acceptors (Lipinski definition) is 5. The van der Waals surface area contributed by atoms with Crippen LogP contribution in [0.15, 0.2) is 47.2 Å². The van der Waals surface area contributed by atoms with E-state index in [9.17, 15) is 0 Å². The van der Waals surface area contributed by atoms with Crippen LogP contribution in [-0.2, 0) is 6.61 Å². The van der Waals surface area contributed by atoms with Gasteiger partial charge in [-0.05, 0) is 37.6 Å². The molecule has 0 saturated carbocycles. The Morgan fingerprint density at radius 2 is 1.90 bits per heavy atom. The lowest BCUT2D eigenvalue weighted by Crippen LogP contribution is -1.97. The quantitative estimate of drug-likeness (QED) is 0.734. The number of pyridine rings is 1. The molecule has 0 spiro atoms. The van der Waals surface area contributed by atoms with Crippen LogP contribution in [0.3, 0.4) is 0 Å². The zero-order chi connectivity index (χ0) is 14.7. The number of aryl methyl sites for hydroxylation is 2. The summed E-state index contributed by atoms with van der Waals surface area (Å²) in [5.41, 5.74) is 3.16. The Morgan fingerprint density at radius 3 is 2.67 bits per heavy atom. The van der Waals surface area contributed by atoms with Gasteiger partial charge < -0.3 is 9.26 Å². The molecule has 0 N–H and O–H groups in total. The third-order valence-corrected chi connectivity index (χ3v) is 3.09. The van der Waals surface area contributed by atoms with Gasteiger partial charge in [-0.1, -0.05) is 22.9 Å². The molecular formula is C16H15N3O2. The fourth-order valence-corrected chi connectivity index (χ4v) is 2.03. The minimum Gasteiger partial charge on any atom is -0.483 e. The normalized spacial score (nSPS) is 10.6. The average Bonchev–Trinajstić information content (AvgIpc) is 2.96. The molecule has 0 amide bonds. The summed E-state index contributed by atoms with van der Waals surface area (Å²) in [5.74, 6) is 1.81. The molecule has 0 aliphatic rings. The second-order valence-electron chi connectivity index (χ2n) is 4.81. The number of benzene rings is 1. The smallest absolute Gasteiger partial charge is 0.264 e. The molecule has 0 saturated heterocycles. The van der Waals surface area contributed by atoms with E-state index in [1.54, 1.807) is 12.4 Å². The Hall–Kier alpha value is -2.69. The lowest BCUT2D eigenvalue weighted by atomic mass is 10.1. The first-order chi connectivity index (χ1) is 10.2. The van der Waals surface area contributed by atoms with E-state index < -0.39 is 0 Å². The van der Waals surface area contributed by atoms with Crippen LogP contribution < -0.4 is 4.74 Å². The van der Waals surface area contributed by atoms with Gasteiger partial charge in [0.1, 0.15) is 5.75 Å². The Bertz CT molecular complexity index is 738. The van der Waals surface area contributed by atoms with Crippen molar-refractivity contribution in [2.24, 2.45) is 0 Å². The van der Waals surface area contributed by atoms with E-state index in [-0.39, 0.29) is 6.61 Å². The third-order valence-electron chi connectivity index (χ3n) is 3.09. The first-order valence-corrected chi connectivity index (χ1v) is 6.65. The van der Waals surface area contributed by atoms with Crippen LogP contribution in [0.4, 0.5) is 0 Å². The van der Waals surface area contributed by atoms with Gasteiger partial charge in [-0.25, -0.2) is 0 Å². The molecule has 3 aromatic rings. The van der Waals surface area contributed by atoms with Crippen molar-refractivity contribution in [2.75, 3.05) is 0 Å².